The fourth-order valence-corrected chi connectivity index (χ4v) is 2.54. The first kappa shape index (κ1) is 20.3. The molecule has 1 unspecified atom stereocenters. The molecular weight excluding hydrogens is 342 g/mol. The lowest BCUT2D eigenvalue weighted by Crippen LogP contribution is -3.14. The zero-order valence-corrected chi connectivity index (χ0v) is 16.1. The summed E-state index contributed by atoms with van der Waals surface area (Å²) in [6.07, 6.45) is 0. The Morgan fingerprint density at radius 1 is 1.00 bits per heavy atom. The van der Waals surface area contributed by atoms with E-state index >= 15 is 0 Å². The third-order valence-corrected chi connectivity index (χ3v) is 4.44. The fourth-order valence-electron chi connectivity index (χ4n) is 2.54. The molecular formula is C21H26N3O3+. The van der Waals surface area contributed by atoms with E-state index in [9.17, 15) is 14.4 Å². The zero-order chi connectivity index (χ0) is 20.0. The van der Waals surface area contributed by atoms with Gasteiger partial charge in [-0.3, -0.25) is 14.4 Å². The van der Waals surface area contributed by atoms with E-state index in [0.29, 0.717) is 11.3 Å². The SMILES string of the molecule is CC(=O)c1cccc(NC(=O)[C@H](C)[NH+](C)CC(=O)Nc2ccc(C)cc2)c1. The molecule has 2 amide bonds. The third-order valence-electron chi connectivity index (χ3n) is 4.44. The van der Waals surface area contributed by atoms with Crippen molar-refractivity contribution >= 4 is 29.0 Å². The number of benzene rings is 2. The maximum Gasteiger partial charge on any atom is 0.282 e. The van der Waals surface area contributed by atoms with Crippen LogP contribution in [0.25, 0.3) is 0 Å². The number of nitrogens with one attached hydrogen (secondary N) is 3. The molecule has 2 rings (SSSR count). The Labute approximate surface area is 159 Å². The molecule has 27 heavy (non-hydrogen) atoms. The maximum atomic E-state index is 12.5. The molecule has 0 fully saturated rings. The molecule has 0 saturated carbocycles. The highest BCUT2D eigenvalue weighted by Gasteiger charge is 2.24. The van der Waals surface area contributed by atoms with Gasteiger partial charge in [0, 0.05) is 16.9 Å². The molecule has 0 aliphatic carbocycles. The van der Waals surface area contributed by atoms with Gasteiger partial charge in [0.05, 0.1) is 7.05 Å². The number of Topliss-reactive ketones (excluding diaryl/α,β-unsaturated/α-hetero) is 1. The maximum absolute atomic E-state index is 12.5. The van der Waals surface area contributed by atoms with E-state index in [0.717, 1.165) is 16.2 Å². The van der Waals surface area contributed by atoms with Crippen molar-refractivity contribution in [3.05, 3.63) is 59.7 Å². The number of ketones is 1. The van der Waals surface area contributed by atoms with Crippen molar-refractivity contribution in [2.24, 2.45) is 0 Å². The predicted octanol–water partition coefficient (Wildman–Crippen LogP) is 1.68. The van der Waals surface area contributed by atoms with Crippen molar-refractivity contribution in [3.8, 4) is 0 Å². The van der Waals surface area contributed by atoms with Crippen molar-refractivity contribution in [1.29, 1.82) is 0 Å². The van der Waals surface area contributed by atoms with Crippen molar-refractivity contribution < 1.29 is 19.3 Å². The highest BCUT2D eigenvalue weighted by Crippen LogP contribution is 2.11. The Balaban J connectivity index is 1.91. The molecule has 142 valence electrons. The van der Waals surface area contributed by atoms with Crippen molar-refractivity contribution in [2.45, 2.75) is 26.8 Å². The van der Waals surface area contributed by atoms with Gasteiger partial charge in [-0.15, -0.1) is 0 Å². The predicted molar refractivity (Wildman–Crippen MR) is 106 cm³/mol. The number of anilines is 2. The minimum absolute atomic E-state index is 0.0605. The van der Waals surface area contributed by atoms with Gasteiger partial charge in [0.25, 0.3) is 11.8 Å². The topological polar surface area (TPSA) is 79.7 Å². The standard InChI is InChI=1S/C21H25N3O3/c1-14-8-10-18(11-9-14)22-20(26)13-24(4)15(2)21(27)23-19-7-5-6-17(12-19)16(3)25/h5-12,15H,13H2,1-4H3,(H,22,26)(H,23,27)/p+1/t15-/m0/s1. The monoisotopic (exact) mass is 368 g/mol. The second kappa shape index (κ2) is 9.09. The van der Waals surface area contributed by atoms with Gasteiger partial charge in [0.1, 0.15) is 0 Å². The molecule has 2 atom stereocenters. The molecule has 0 bridgehead atoms. The van der Waals surface area contributed by atoms with Crippen LogP contribution in [-0.2, 0) is 9.59 Å². The molecule has 0 aromatic heterocycles. The van der Waals surface area contributed by atoms with E-state index in [2.05, 4.69) is 10.6 Å². The van der Waals surface area contributed by atoms with Crippen LogP contribution in [-0.4, -0.2) is 37.2 Å². The number of carbonyl (C=O) groups excluding carboxylic acids is 3. The normalized spacial score (nSPS) is 12.7. The number of hydrogen-bond donors (Lipinski definition) is 3. The number of likely N-dealkylation sites (N-methyl/N-ethyl adjacent to an activating group) is 1. The largest absolute Gasteiger partial charge is 0.321 e. The number of rotatable bonds is 7. The first-order valence-corrected chi connectivity index (χ1v) is 8.87. The second-order valence-electron chi connectivity index (χ2n) is 6.79. The second-order valence-corrected chi connectivity index (χ2v) is 6.79. The van der Waals surface area contributed by atoms with Crippen molar-refractivity contribution in [1.82, 2.24) is 0 Å². The lowest BCUT2D eigenvalue weighted by Gasteiger charge is -2.20. The molecule has 6 nitrogen and oxygen atoms in total. The van der Waals surface area contributed by atoms with Gasteiger partial charge >= 0.3 is 0 Å². The molecule has 0 radical (unpaired) electrons. The van der Waals surface area contributed by atoms with Crippen LogP contribution in [0, 0.1) is 6.92 Å². The van der Waals surface area contributed by atoms with Crippen molar-refractivity contribution in [3.63, 3.8) is 0 Å². The van der Waals surface area contributed by atoms with E-state index in [1.165, 1.54) is 6.92 Å². The average molecular weight is 368 g/mol. The number of aryl methyl sites for hydroxylation is 1. The lowest BCUT2D eigenvalue weighted by atomic mass is 10.1. The number of quaternary nitrogens is 1. The first-order valence-electron chi connectivity index (χ1n) is 8.87. The van der Waals surface area contributed by atoms with E-state index in [-0.39, 0.29) is 24.1 Å². The summed E-state index contributed by atoms with van der Waals surface area (Å²) in [4.78, 5) is 36.9. The quantitative estimate of drug-likeness (QED) is 0.651. The summed E-state index contributed by atoms with van der Waals surface area (Å²) >= 11 is 0. The summed E-state index contributed by atoms with van der Waals surface area (Å²) < 4.78 is 0. The summed E-state index contributed by atoms with van der Waals surface area (Å²) in [5, 5.41) is 5.64. The summed E-state index contributed by atoms with van der Waals surface area (Å²) in [6, 6.07) is 13.9. The van der Waals surface area contributed by atoms with E-state index in [1.807, 2.05) is 31.2 Å². The van der Waals surface area contributed by atoms with Crippen LogP contribution in [0.3, 0.4) is 0 Å². The molecule has 6 heteroatoms. The fraction of sp³-hybridized carbons (Fsp3) is 0.286. The van der Waals surface area contributed by atoms with E-state index in [4.69, 9.17) is 0 Å². The Bertz CT molecular complexity index is 831. The van der Waals surface area contributed by atoms with Gasteiger partial charge in [-0.25, -0.2) is 0 Å². The average Bonchev–Trinajstić information content (AvgIpc) is 2.63. The van der Waals surface area contributed by atoms with Gasteiger partial charge in [0.2, 0.25) is 0 Å². The van der Waals surface area contributed by atoms with Gasteiger partial charge in [-0.1, -0.05) is 29.8 Å². The van der Waals surface area contributed by atoms with E-state index < -0.39 is 6.04 Å². The van der Waals surface area contributed by atoms with Crippen LogP contribution in [0.2, 0.25) is 0 Å². The van der Waals surface area contributed by atoms with Gasteiger partial charge < -0.3 is 15.5 Å². The zero-order valence-electron chi connectivity index (χ0n) is 16.1. The highest BCUT2D eigenvalue weighted by atomic mass is 16.2. The van der Waals surface area contributed by atoms with Gasteiger partial charge in [0.15, 0.2) is 18.4 Å². The summed E-state index contributed by atoms with van der Waals surface area (Å²) in [5.41, 5.74) is 2.96. The summed E-state index contributed by atoms with van der Waals surface area (Å²) in [6.45, 7) is 5.39. The Hall–Kier alpha value is -2.99. The number of carbonyl (C=O) groups is 3. The molecule has 0 heterocycles. The van der Waals surface area contributed by atoms with Crippen LogP contribution in [0.15, 0.2) is 48.5 Å². The summed E-state index contributed by atoms with van der Waals surface area (Å²) in [7, 11) is 1.80. The van der Waals surface area contributed by atoms with Crippen LogP contribution < -0.4 is 15.5 Å². The van der Waals surface area contributed by atoms with Gasteiger partial charge in [-0.05, 0) is 45.0 Å². The third kappa shape index (κ3) is 6.04. The molecule has 0 aliphatic rings. The van der Waals surface area contributed by atoms with Crippen molar-refractivity contribution in [2.75, 3.05) is 24.2 Å². The number of amides is 2. The molecule has 2 aromatic rings. The molecule has 0 aliphatic heterocycles. The lowest BCUT2D eigenvalue weighted by molar-refractivity contribution is -0.885. The van der Waals surface area contributed by atoms with Crippen LogP contribution >= 0.6 is 0 Å². The molecule has 0 saturated heterocycles. The van der Waals surface area contributed by atoms with Crippen LogP contribution in [0.5, 0.6) is 0 Å². The first-order chi connectivity index (χ1) is 12.8. The molecule has 2 aromatic carbocycles. The number of hydrogen-bond acceptors (Lipinski definition) is 3. The highest BCUT2D eigenvalue weighted by molar-refractivity contribution is 5.98. The van der Waals surface area contributed by atoms with E-state index in [1.54, 1.807) is 38.2 Å². The van der Waals surface area contributed by atoms with Gasteiger partial charge in [-0.2, -0.15) is 0 Å². The Kier molecular flexibility index (Phi) is 6.85. The molecule has 0 spiro atoms. The smallest absolute Gasteiger partial charge is 0.282 e. The van der Waals surface area contributed by atoms with Crippen LogP contribution in [0.4, 0.5) is 11.4 Å². The Morgan fingerprint density at radius 3 is 2.30 bits per heavy atom. The molecule has 3 N–H and O–H groups in total. The minimum Gasteiger partial charge on any atom is -0.321 e. The summed E-state index contributed by atoms with van der Waals surface area (Å²) in [5.74, 6) is -0.430. The Morgan fingerprint density at radius 2 is 1.67 bits per heavy atom. The van der Waals surface area contributed by atoms with Crippen LogP contribution in [0.1, 0.15) is 29.8 Å². The minimum atomic E-state index is -0.435.